The molecule has 0 saturated heterocycles. The predicted molar refractivity (Wildman–Crippen MR) is 79.9 cm³/mol. The van der Waals surface area contributed by atoms with Gasteiger partial charge in [0.25, 0.3) is 5.91 Å². The van der Waals surface area contributed by atoms with E-state index in [0.29, 0.717) is 19.0 Å². The van der Waals surface area contributed by atoms with Crippen LogP contribution in [0, 0.1) is 0 Å². The van der Waals surface area contributed by atoms with E-state index in [0.717, 1.165) is 12.8 Å². The maximum atomic E-state index is 12.2. The minimum atomic E-state index is -0.273. The highest BCUT2D eigenvalue weighted by Gasteiger charge is 2.21. The zero-order valence-electron chi connectivity index (χ0n) is 12.6. The summed E-state index contributed by atoms with van der Waals surface area (Å²) in [6, 6.07) is 3.63. The molecule has 0 aliphatic heterocycles. The Labute approximate surface area is 125 Å². The monoisotopic (exact) mass is 292 g/mol. The molecule has 2 amide bonds. The summed E-state index contributed by atoms with van der Waals surface area (Å²) in [6.07, 6.45) is 8.95. The van der Waals surface area contributed by atoms with Gasteiger partial charge in [-0.3, -0.25) is 9.59 Å². The standard InChI is InChI=1S/C16H24N2O3/c1-18(13-7-4-2-3-5-8-13)15(19)10-11-17-16(20)14-9-6-12-21-14/h6,9,12-13H,2-5,7-8,10-11H2,1H3,(H,17,20). The highest BCUT2D eigenvalue weighted by molar-refractivity contribution is 5.91. The topological polar surface area (TPSA) is 62.6 Å². The first-order valence-corrected chi connectivity index (χ1v) is 7.76. The Morgan fingerprint density at radius 2 is 2.00 bits per heavy atom. The number of carbonyl (C=O) groups is 2. The SMILES string of the molecule is CN(C(=O)CCNC(=O)c1ccco1)C1CCCCCC1. The van der Waals surface area contributed by atoms with Gasteiger partial charge in [-0.2, -0.15) is 0 Å². The molecule has 1 aliphatic rings. The second-order valence-electron chi connectivity index (χ2n) is 5.63. The van der Waals surface area contributed by atoms with Crippen molar-refractivity contribution in [3.8, 4) is 0 Å². The van der Waals surface area contributed by atoms with Gasteiger partial charge in [0.05, 0.1) is 6.26 Å². The lowest BCUT2D eigenvalue weighted by Gasteiger charge is -2.27. The third-order valence-corrected chi connectivity index (χ3v) is 4.14. The van der Waals surface area contributed by atoms with Crippen molar-refractivity contribution in [1.82, 2.24) is 10.2 Å². The molecule has 1 heterocycles. The molecule has 116 valence electrons. The van der Waals surface area contributed by atoms with E-state index in [2.05, 4.69) is 5.32 Å². The number of carbonyl (C=O) groups excluding carboxylic acids is 2. The van der Waals surface area contributed by atoms with E-state index in [-0.39, 0.29) is 17.6 Å². The quantitative estimate of drug-likeness (QED) is 0.848. The van der Waals surface area contributed by atoms with E-state index in [4.69, 9.17) is 4.42 Å². The summed E-state index contributed by atoms with van der Waals surface area (Å²) >= 11 is 0. The molecule has 1 N–H and O–H groups in total. The molecule has 0 bridgehead atoms. The minimum Gasteiger partial charge on any atom is -0.459 e. The van der Waals surface area contributed by atoms with E-state index in [1.54, 1.807) is 12.1 Å². The van der Waals surface area contributed by atoms with Crippen LogP contribution in [0.1, 0.15) is 55.5 Å². The van der Waals surface area contributed by atoms with Crippen LogP contribution in [0.15, 0.2) is 22.8 Å². The van der Waals surface area contributed by atoms with Gasteiger partial charge in [0, 0.05) is 26.1 Å². The third kappa shape index (κ3) is 4.62. The summed E-state index contributed by atoms with van der Waals surface area (Å²) in [5.41, 5.74) is 0. The normalized spacial score (nSPS) is 16.2. The molecule has 0 radical (unpaired) electrons. The van der Waals surface area contributed by atoms with Crippen LogP contribution in [0.25, 0.3) is 0 Å². The molecule has 2 rings (SSSR count). The first kappa shape index (κ1) is 15.6. The van der Waals surface area contributed by atoms with Gasteiger partial charge in [0.2, 0.25) is 5.91 Å². The van der Waals surface area contributed by atoms with Crippen LogP contribution in [0.5, 0.6) is 0 Å². The van der Waals surface area contributed by atoms with Gasteiger partial charge >= 0.3 is 0 Å². The van der Waals surface area contributed by atoms with Crippen LogP contribution in [0.4, 0.5) is 0 Å². The second-order valence-corrected chi connectivity index (χ2v) is 5.63. The maximum Gasteiger partial charge on any atom is 0.286 e. The minimum absolute atomic E-state index is 0.0987. The lowest BCUT2D eigenvalue weighted by Crippen LogP contribution is -2.38. The molecule has 1 saturated carbocycles. The lowest BCUT2D eigenvalue weighted by molar-refractivity contribution is -0.132. The van der Waals surface area contributed by atoms with Crippen LogP contribution in [-0.2, 0) is 4.79 Å². The largest absolute Gasteiger partial charge is 0.459 e. The summed E-state index contributed by atoms with van der Waals surface area (Å²) < 4.78 is 5.00. The smallest absolute Gasteiger partial charge is 0.286 e. The van der Waals surface area contributed by atoms with E-state index >= 15 is 0 Å². The summed E-state index contributed by atoms with van der Waals surface area (Å²) in [7, 11) is 1.88. The van der Waals surface area contributed by atoms with Crippen LogP contribution in [-0.4, -0.2) is 36.3 Å². The Kier molecular flexibility index (Phi) is 5.84. The Morgan fingerprint density at radius 1 is 1.29 bits per heavy atom. The van der Waals surface area contributed by atoms with Gasteiger partial charge in [-0.1, -0.05) is 25.7 Å². The Morgan fingerprint density at radius 3 is 2.62 bits per heavy atom. The maximum absolute atomic E-state index is 12.2. The summed E-state index contributed by atoms with van der Waals surface area (Å²) in [6.45, 7) is 0.343. The van der Waals surface area contributed by atoms with Crippen molar-refractivity contribution in [1.29, 1.82) is 0 Å². The molecule has 0 unspecified atom stereocenters. The zero-order chi connectivity index (χ0) is 15.1. The zero-order valence-corrected chi connectivity index (χ0v) is 12.6. The number of nitrogens with zero attached hydrogens (tertiary/aromatic N) is 1. The number of hydrogen-bond acceptors (Lipinski definition) is 3. The molecular weight excluding hydrogens is 268 g/mol. The molecule has 5 heteroatoms. The highest BCUT2D eigenvalue weighted by Crippen LogP contribution is 2.21. The molecule has 5 nitrogen and oxygen atoms in total. The third-order valence-electron chi connectivity index (χ3n) is 4.14. The van der Waals surface area contributed by atoms with Crippen molar-refractivity contribution >= 4 is 11.8 Å². The summed E-state index contributed by atoms with van der Waals surface area (Å²) in [5.74, 6) is 0.103. The van der Waals surface area contributed by atoms with Crippen molar-refractivity contribution in [3.63, 3.8) is 0 Å². The van der Waals surface area contributed by atoms with Crippen molar-refractivity contribution in [2.75, 3.05) is 13.6 Å². The molecule has 1 aliphatic carbocycles. The molecule has 0 aromatic carbocycles. The Hall–Kier alpha value is -1.78. The molecule has 1 fully saturated rings. The number of rotatable bonds is 5. The fourth-order valence-corrected chi connectivity index (χ4v) is 2.80. The number of amides is 2. The van der Waals surface area contributed by atoms with Gasteiger partial charge in [-0.15, -0.1) is 0 Å². The number of hydrogen-bond donors (Lipinski definition) is 1. The van der Waals surface area contributed by atoms with E-state index in [1.807, 2.05) is 11.9 Å². The lowest BCUT2D eigenvalue weighted by atomic mass is 10.1. The Bertz CT molecular complexity index is 448. The summed E-state index contributed by atoms with van der Waals surface area (Å²) in [4.78, 5) is 25.7. The van der Waals surface area contributed by atoms with E-state index in [1.165, 1.54) is 31.9 Å². The molecule has 21 heavy (non-hydrogen) atoms. The predicted octanol–water partition coefficient (Wildman–Crippen LogP) is 2.58. The Balaban J connectivity index is 1.72. The van der Waals surface area contributed by atoms with E-state index < -0.39 is 0 Å². The molecular formula is C16H24N2O3. The van der Waals surface area contributed by atoms with Gasteiger partial charge in [0.15, 0.2) is 5.76 Å². The fourth-order valence-electron chi connectivity index (χ4n) is 2.80. The van der Waals surface area contributed by atoms with Gasteiger partial charge in [-0.05, 0) is 25.0 Å². The second kappa shape index (κ2) is 7.86. The number of furan rings is 1. The fraction of sp³-hybridized carbons (Fsp3) is 0.625. The molecule has 1 aromatic heterocycles. The van der Waals surface area contributed by atoms with Gasteiger partial charge in [-0.25, -0.2) is 0 Å². The first-order valence-electron chi connectivity index (χ1n) is 7.76. The average molecular weight is 292 g/mol. The van der Waals surface area contributed by atoms with Crippen molar-refractivity contribution in [3.05, 3.63) is 24.2 Å². The highest BCUT2D eigenvalue weighted by atomic mass is 16.3. The number of nitrogens with one attached hydrogen (secondary N) is 1. The van der Waals surface area contributed by atoms with Gasteiger partial charge < -0.3 is 14.6 Å². The molecule has 0 spiro atoms. The van der Waals surface area contributed by atoms with Crippen molar-refractivity contribution < 1.29 is 14.0 Å². The van der Waals surface area contributed by atoms with Crippen molar-refractivity contribution in [2.24, 2.45) is 0 Å². The molecule has 1 aromatic rings. The van der Waals surface area contributed by atoms with Crippen molar-refractivity contribution in [2.45, 2.75) is 51.0 Å². The summed E-state index contributed by atoms with van der Waals surface area (Å²) in [5, 5.41) is 2.71. The van der Waals surface area contributed by atoms with Crippen LogP contribution in [0.3, 0.4) is 0 Å². The van der Waals surface area contributed by atoms with E-state index in [9.17, 15) is 9.59 Å². The molecule has 0 atom stereocenters. The average Bonchev–Trinajstić information content (AvgIpc) is 2.89. The van der Waals surface area contributed by atoms with Crippen LogP contribution >= 0.6 is 0 Å². The van der Waals surface area contributed by atoms with Crippen LogP contribution < -0.4 is 5.32 Å². The van der Waals surface area contributed by atoms with Gasteiger partial charge in [0.1, 0.15) is 0 Å². The first-order chi connectivity index (χ1) is 10.2. The van der Waals surface area contributed by atoms with Crippen LogP contribution in [0.2, 0.25) is 0 Å².